The second kappa shape index (κ2) is 33.3. The van der Waals surface area contributed by atoms with E-state index in [9.17, 15) is 0 Å². The maximum Gasteiger partial charge on any atom is 0.227 e. The molecule has 0 fully saturated rings. The number of hydrogen-bond acceptors (Lipinski definition) is 6. The molecule has 0 saturated heterocycles. The fourth-order valence-electron chi connectivity index (χ4n) is 16.0. The van der Waals surface area contributed by atoms with Gasteiger partial charge in [0.25, 0.3) is 0 Å². The van der Waals surface area contributed by atoms with E-state index < -0.39 is 72.5 Å². The number of nitrogens with zero attached hydrogens (tertiary/aromatic N) is 8. The van der Waals surface area contributed by atoms with Crippen LogP contribution in [0.2, 0.25) is 0 Å². The minimum atomic E-state index is -2.82. The van der Waals surface area contributed by atoms with Crippen molar-refractivity contribution in [2.75, 3.05) is 0 Å². The molecule has 11 nitrogen and oxygen atoms in total. The molecule has 0 N–H and O–H groups in total. The predicted molar refractivity (Wildman–Crippen MR) is 489 cm³/mol. The summed E-state index contributed by atoms with van der Waals surface area (Å²) in [5, 5.41) is 6.00. The molecule has 0 saturated carbocycles. The molecule has 11 aromatic heterocycles. The molecule has 118 heavy (non-hydrogen) atoms. The second-order valence-corrected chi connectivity index (χ2v) is 30.9. The van der Waals surface area contributed by atoms with Gasteiger partial charge in [-0.2, -0.15) is 9.13 Å². The highest BCUT2D eigenvalue weighted by molar-refractivity contribution is 6.12. The van der Waals surface area contributed by atoms with Crippen LogP contribution in [0, 0.1) is 103 Å². The molecule has 18 rings (SSSR count). The van der Waals surface area contributed by atoms with Crippen molar-refractivity contribution in [2.45, 2.75) is 163 Å². The fraction of sp³-hybridized carbons (Fsp3) is 0.271. The van der Waals surface area contributed by atoms with Gasteiger partial charge >= 0.3 is 0 Å². The van der Waals surface area contributed by atoms with Crippen LogP contribution in [0.3, 0.4) is 0 Å². The third-order valence-electron chi connectivity index (χ3n) is 22.2. The summed E-state index contributed by atoms with van der Waals surface area (Å²) < 4.78 is 245. The number of hydrogen-bond donors (Lipinski definition) is 0. The lowest BCUT2D eigenvalue weighted by atomic mass is 9.93. The molecular weight excluding hydrogens is 1450 g/mol. The lowest BCUT2D eigenvalue weighted by molar-refractivity contribution is -0.660. The van der Waals surface area contributed by atoms with Gasteiger partial charge in [-0.1, -0.05) is 126 Å². The molecule has 0 amide bonds. The van der Waals surface area contributed by atoms with Crippen LogP contribution in [0.4, 0.5) is 0 Å². The topological polar surface area (TPSA) is 97.5 Å². The number of rotatable bonds is 8. The Balaban J connectivity index is 0.000000147. The van der Waals surface area contributed by atoms with Crippen LogP contribution in [-0.4, -0.2) is 15.0 Å². The molecule has 18 aromatic rings. The first kappa shape index (κ1) is 54.5. The van der Waals surface area contributed by atoms with E-state index in [1.54, 1.807) is 81.4 Å². The van der Waals surface area contributed by atoms with Crippen molar-refractivity contribution >= 4 is 88.0 Å². The van der Waals surface area contributed by atoms with Gasteiger partial charge in [0.05, 0.1) is 22.1 Å². The Bertz CT molecular complexity index is 8170. The predicted octanol–water partition coefficient (Wildman–Crippen LogP) is 25.1. The summed E-state index contributed by atoms with van der Waals surface area (Å²) in [6.45, 7) is 1.92. The van der Waals surface area contributed by atoms with E-state index >= 15 is 0 Å². The number of aromatic nitrogens is 8. The third-order valence-corrected chi connectivity index (χ3v) is 22.2. The maximum absolute atomic E-state index is 8.68. The van der Waals surface area contributed by atoms with Gasteiger partial charge in [-0.15, -0.1) is 0 Å². The summed E-state index contributed by atoms with van der Waals surface area (Å²) in [4.78, 5) is 13.3. The SMILES string of the molecule is Cc1cc(C)c(C)c(-c2ccc3ccccc3[n+]2C)c1.Cc1ccccc1-c1ccc2ccccc2[n+]1C.[2H]C([2H])([2H])c1c[n+](C)c(-c2c(C)cc(C([2H])([2H])[2H])c3c2oc2nc(C)ccc23)cc1C([2H])(C)C([2H])([2H])[2H].[2H]C([2H])([2H])c1c[n+](C)c(-c2c(C)ccc3c2oc2nc(C)cc(C([2H])([2H])[2H])c23)cc1C([2H])(C)C([2H])([2H])[2H].[2H]C([2H])([2H])c1c[n+](C)c(-c2c(C)ccc3c2oc2nc(C)ccc23)cc1C([2H])(C)C([2H])([2H])[2H]. The summed E-state index contributed by atoms with van der Waals surface area (Å²) >= 11 is 0. The molecule has 7 aromatic carbocycles. The molecule has 3 unspecified atom stereocenters. The van der Waals surface area contributed by atoms with Gasteiger partial charge in [0, 0.05) is 162 Å². The molecule has 596 valence electrons. The zero-order valence-electron chi connectivity index (χ0n) is 96.9. The molecule has 0 bridgehead atoms. The summed E-state index contributed by atoms with van der Waals surface area (Å²) in [6.07, 6.45) is 4.04. The van der Waals surface area contributed by atoms with Crippen molar-refractivity contribution in [1.29, 1.82) is 0 Å². The van der Waals surface area contributed by atoms with Gasteiger partial charge in [0.15, 0.2) is 35.3 Å². The molecule has 11 heterocycles. The molecule has 0 aliphatic carbocycles. The van der Waals surface area contributed by atoms with Crippen molar-refractivity contribution in [3.63, 3.8) is 0 Å². The van der Waals surface area contributed by atoms with Crippen LogP contribution >= 0.6 is 0 Å². The van der Waals surface area contributed by atoms with Gasteiger partial charge < -0.3 is 13.3 Å². The van der Waals surface area contributed by atoms with Crippen molar-refractivity contribution in [3.8, 4) is 56.3 Å². The molecule has 0 aliphatic rings. The zero-order valence-corrected chi connectivity index (χ0v) is 69.9. The van der Waals surface area contributed by atoms with Crippen LogP contribution in [0.5, 0.6) is 0 Å². The molecule has 0 spiro atoms. The number of para-hydroxylation sites is 2. The normalized spacial score (nSPS) is 17.3. The van der Waals surface area contributed by atoms with E-state index in [0.29, 0.717) is 89.1 Å². The number of furan rings is 3. The van der Waals surface area contributed by atoms with E-state index in [0.717, 1.165) is 27.6 Å². The maximum atomic E-state index is 8.68. The molecule has 3 atom stereocenters. The van der Waals surface area contributed by atoms with Crippen LogP contribution in [0.15, 0.2) is 220 Å². The Morgan fingerprint density at radius 1 is 0.322 bits per heavy atom. The van der Waals surface area contributed by atoms with Crippen molar-refractivity contribution in [3.05, 3.63) is 307 Å². The number of pyridine rings is 8. The van der Waals surface area contributed by atoms with Gasteiger partial charge in [0.2, 0.25) is 56.6 Å². The molecular formula is C107H115N8O3+5. The summed E-state index contributed by atoms with van der Waals surface area (Å²) in [7, 11) is 9.22. The van der Waals surface area contributed by atoms with E-state index in [-0.39, 0.29) is 61.5 Å². The highest BCUT2D eigenvalue weighted by Gasteiger charge is 2.29. The quantitative estimate of drug-likeness (QED) is 0.141. The minimum Gasteiger partial charge on any atom is -0.437 e. The standard InChI is InChI=1S/2C24H27N2O.C23H25N2O.C19H20N.C17H16N/c1-13(2)19-11-20(26(7)12-16(19)5)22-15(4)10-14(3)21-18-9-8-17(6)25-24(18)27-23(21)22;1-13(2)19-11-20(26(7)12-16(19)5)22-14(3)8-9-18-21-15(4)10-17(6)25-24(21)27-23(18)22;1-13(2)19-11-20(25(6)12-15(19)4)21-14(3)7-9-17-18-10-8-16(5)24-23(18)26-22(17)21;1-13-11-14(2)15(3)17(12-13)19-10-9-16-7-5-6-8-18(16)20(19)4;1-13-7-3-5-9-15(13)17-12-11-14-8-4-6-10-16(14)18(17)2/h2*8-13H,1-7H3;7-13H,1-6H3;5-12H,1-4H3;3-12H,1-2H3/q5*+1/i1D3,3D3,5D3,13D;1D3,4D3,5D3,13D;1D3,4D3,13D;;. The zero-order chi connectivity index (χ0) is 107. The fourth-order valence-corrected chi connectivity index (χ4v) is 16.0. The average Bonchev–Trinajstić information content (AvgIpc) is 1.63. The monoisotopic (exact) mass is 1590 g/mol. The van der Waals surface area contributed by atoms with E-state index in [1.807, 2.05) is 45.0 Å². The molecule has 0 radical (unpaired) electrons. The van der Waals surface area contributed by atoms with Crippen LogP contribution in [-0.2, 0) is 35.2 Å². The van der Waals surface area contributed by atoms with Gasteiger partial charge in [0.1, 0.15) is 35.2 Å². The second-order valence-electron chi connectivity index (χ2n) is 30.9. The first-order valence-corrected chi connectivity index (χ1v) is 39.0. The highest BCUT2D eigenvalue weighted by atomic mass is 16.3. The van der Waals surface area contributed by atoms with Crippen LogP contribution < -0.4 is 22.8 Å². The van der Waals surface area contributed by atoms with Crippen molar-refractivity contribution < 1.29 is 73.1 Å². The Kier molecular flexibility index (Phi) is 15.4. The first-order valence-electron chi connectivity index (χ1n) is 52.5. The Hall–Kier alpha value is -12.3. The summed E-state index contributed by atoms with van der Waals surface area (Å²) in [6, 6.07) is 61.0. The third kappa shape index (κ3) is 15.8. The van der Waals surface area contributed by atoms with Crippen molar-refractivity contribution in [1.82, 2.24) is 15.0 Å². The minimum absolute atomic E-state index is 0.0583. The lowest BCUT2D eigenvalue weighted by Gasteiger charge is -2.13. The smallest absolute Gasteiger partial charge is 0.227 e. The van der Waals surface area contributed by atoms with E-state index in [4.69, 9.17) is 50.3 Å². The van der Waals surface area contributed by atoms with Gasteiger partial charge in [-0.25, -0.2) is 28.7 Å². The Morgan fingerprint density at radius 2 is 0.754 bits per heavy atom. The molecule has 11 heteroatoms. The lowest BCUT2D eigenvalue weighted by Crippen LogP contribution is -2.32. The summed E-state index contributed by atoms with van der Waals surface area (Å²) in [5.74, 6) is -6.59. The Morgan fingerprint density at radius 3 is 1.28 bits per heavy atom. The largest absolute Gasteiger partial charge is 0.437 e. The number of fused-ring (bicyclic) bond motifs is 11. The van der Waals surface area contributed by atoms with E-state index in [1.165, 1.54) is 135 Å². The first-order chi connectivity index (χ1) is 67.0. The summed E-state index contributed by atoms with van der Waals surface area (Å²) in [5.41, 5.74) is 21.4. The van der Waals surface area contributed by atoms with Gasteiger partial charge in [-0.05, 0) is 249 Å². The average molecular weight is 1590 g/mol. The highest BCUT2D eigenvalue weighted by Crippen LogP contribution is 2.43. The molecule has 0 aliphatic heterocycles. The Labute approximate surface area is 734 Å². The van der Waals surface area contributed by atoms with E-state index in [2.05, 4.69) is 175 Å². The van der Waals surface area contributed by atoms with Gasteiger partial charge in [-0.3, -0.25) is 0 Å². The number of aryl methyl sites for hydroxylation is 19. The van der Waals surface area contributed by atoms with Crippen LogP contribution in [0.1, 0.15) is 197 Å². The van der Waals surface area contributed by atoms with Crippen LogP contribution in [0.25, 0.3) is 144 Å². The number of benzene rings is 7. The van der Waals surface area contributed by atoms with Crippen molar-refractivity contribution in [2.24, 2.45) is 35.2 Å².